The van der Waals surface area contributed by atoms with E-state index in [9.17, 15) is 10.1 Å². The SMILES string of the molecule is C#CCN1CCN(CCOCCOCCOCCOCCCCNc2ccc(Cl)cc2[N+](=O)[O-])CC1. The number of nitrogens with one attached hydrogen (secondary N) is 1. The molecule has 11 heteroatoms. The number of piperazine rings is 1. The lowest BCUT2D eigenvalue weighted by molar-refractivity contribution is -0.383. The van der Waals surface area contributed by atoms with Crippen molar-refractivity contribution in [2.24, 2.45) is 0 Å². The number of rotatable bonds is 20. The normalized spacial score (nSPS) is 14.6. The molecule has 2 rings (SSSR count). The number of benzene rings is 1. The molecular formula is C25H39ClN4O6. The molecule has 1 fully saturated rings. The van der Waals surface area contributed by atoms with Gasteiger partial charge in [-0.1, -0.05) is 17.5 Å². The third-order valence-electron chi connectivity index (χ3n) is 5.64. The monoisotopic (exact) mass is 526 g/mol. The Hall–Kier alpha value is -1.97. The molecule has 1 saturated heterocycles. The number of nitro groups is 1. The van der Waals surface area contributed by atoms with Crippen LogP contribution in [-0.2, 0) is 18.9 Å². The summed E-state index contributed by atoms with van der Waals surface area (Å²) in [6.07, 6.45) is 7.03. The standard InChI is InChI=1S/C25H39ClN4O6/c1-2-8-28-9-11-29(12-10-28)13-15-34-17-19-36-21-20-35-18-16-33-14-4-3-7-27-24-6-5-23(26)22-25(24)30(31)32/h1,5-6,22,27H,3-4,7-21H2. The highest BCUT2D eigenvalue weighted by molar-refractivity contribution is 6.30. The van der Waals surface area contributed by atoms with Gasteiger partial charge in [0.15, 0.2) is 0 Å². The first kappa shape index (κ1) is 30.3. The topological polar surface area (TPSA) is 98.6 Å². The van der Waals surface area contributed by atoms with E-state index in [1.807, 2.05) is 0 Å². The molecule has 1 aromatic rings. The molecule has 0 atom stereocenters. The Bertz CT molecular complexity index is 786. The van der Waals surface area contributed by atoms with Crippen molar-refractivity contribution in [1.29, 1.82) is 0 Å². The van der Waals surface area contributed by atoms with Crippen LogP contribution in [0, 0.1) is 22.5 Å². The molecule has 1 heterocycles. The Morgan fingerprint density at radius 1 is 0.917 bits per heavy atom. The minimum Gasteiger partial charge on any atom is -0.379 e. The Balaban J connectivity index is 1.30. The van der Waals surface area contributed by atoms with E-state index in [1.165, 1.54) is 6.07 Å². The minimum absolute atomic E-state index is 0.0191. The van der Waals surface area contributed by atoms with Gasteiger partial charge in [-0.2, -0.15) is 0 Å². The number of hydrogen-bond acceptors (Lipinski definition) is 9. The van der Waals surface area contributed by atoms with Crippen LogP contribution in [0.15, 0.2) is 18.2 Å². The molecule has 0 saturated carbocycles. The van der Waals surface area contributed by atoms with E-state index in [0.29, 0.717) is 70.1 Å². The van der Waals surface area contributed by atoms with Gasteiger partial charge in [0.1, 0.15) is 5.69 Å². The highest BCUT2D eigenvalue weighted by atomic mass is 35.5. The van der Waals surface area contributed by atoms with E-state index >= 15 is 0 Å². The summed E-state index contributed by atoms with van der Waals surface area (Å²) in [6.45, 7) is 11.0. The van der Waals surface area contributed by atoms with Crippen molar-refractivity contribution in [3.63, 3.8) is 0 Å². The van der Waals surface area contributed by atoms with E-state index in [4.69, 9.17) is 37.0 Å². The van der Waals surface area contributed by atoms with Crippen LogP contribution in [0.2, 0.25) is 5.02 Å². The summed E-state index contributed by atoms with van der Waals surface area (Å²) in [7, 11) is 0. The van der Waals surface area contributed by atoms with Crippen LogP contribution in [0.4, 0.5) is 11.4 Å². The van der Waals surface area contributed by atoms with Gasteiger partial charge in [-0.05, 0) is 25.0 Å². The largest absolute Gasteiger partial charge is 0.379 e. The highest BCUT2D eigenvalue weighted by Gasteiger charge is 2.15. The average molecular weight is 527 g/mol. The zero-order valence-corrected chi connectivity index (χ0v) is 21.8. The molecule has 0 radical (unpaired) electrons. The molecule has 0 aliphatic carbocycles. The van der Waals surface area contributed by atoms with Crippen LogP contribution in [0.3, 0.4) is 0 Å². The summed E-state index contributed by atoms with van der Waals surface area (Å²) in [5.74, 6) is 2.70. The maximum absolute atomic E-state index is 11.1. The van der Waals surface area contributed by atoms with Crippen LogP contribution in [0.1, 0.15) is 12.8 Å². The fourth-order valence-corrected chi connectivity index (χ4v) is 3.78. The molecule has 0 spiro atoms. The second-order valence-electron chi connectivity index (χ2n) is 8.32. The van der Waals surface area contributed by atoms with Gasteiger partial charge < -0.3 is 24.3 Å². The van der Waals surface area contributed by atoms with Crippen molar-refractivity contribution in [2.75, 3.05) is 104 Å². The van der Waals surface area contributed by atoms with Crippen LogP contribution in [0.25, 0.3) is 0 Å². The lowest BCUT2D eigenvalue weighted by atomic mass is 10.2. The number of nitrogens with zero attached hydrogens (tertiary/aromatic N) is 3. The smallest absolute Gasteiger partial charge is 0.293 e. The van der Waals surface area contributed by atoms with Gasteiger partial charge in [0.25, 0.3) is 5.69 Å². The van der Waals surface area contributed by atoms with Crippen molar-refractivity contribution in [3.8, 4) is 12.3 Å². The Morgan fingerprint density at radius 2 is 1.50 bits per heavy atom. The van der Waals surface area contributed by atoms with E-state index in [2.05, 4.69) is 21.0 Å². The van der Waals surface area contributed by atoms with Crippen molar-refractivity contribution < 1.29 is 23.9 Å². The van der Waals surface area contributed by atoms with Crippen molar-refractivity contribution >= 4 is 23.0 Å². The van der Waals surface area contributed by atoms with Gasteiger partial charge in [0.05, 0.1) is 57.7 Å². The number of ether oxygens (including phenoxy) is 4. The summed E-state index contributed by atoms with van der Waals surface area (Å²) in [5.41, 5.74) is 0.452. The number of terminal acetylenes is 1. The number of anilines is 1. The summed E-state index contributed by atoms with van der Waals surface area (Å²) in [5, 5.41) is 14.5. The van der Waals surface area contributed by atoms with Gasteiger partial charge in [-0.25, -0.2) is 0 Å². The molecule has 1 N–H and O–H groups in total. The molecule has 0 bridgehead atoms. The third kappa shape index (κ3) is 13.4. The lowest BCUT2D eigenvalue weighted by Crippen LogP contribution is -2.47. The molecule has 1 aliphatic heterocycles. The first-order valence-electron chi connectivity index (χ1n) is 12.5. The fourth-order valence-electron chi connectivity index (χ4n) is 3.61. The van der Waals surface area contributed by atoms with E-state index in [-0.39, 0.29) is 5.69 Å². The van der Waals surface area contributed by atoms with E-state index < -0.39 is 4.92 Å². The summed E-state index contributed by atoms with van der Waals surface area (Å²) in [4.78, 5) is 15.3. The zero-order chi connectivity index (χ0) is 25.8. The zero-order valence-electron chi connectivity index (χ0n) is 21.0. The van der Waals surface area contributed by atoms with E-state index in [1.54, 1.807) is 12.1 Å². The predicted octanol–water partition coefficient (Wildman–Crippen LogP) is 2.76. The Morgan fingerprint density at radius 3 is 2.11 bits per heavy atom. The minimum atomic E-state index is -0.441. The molecule has 0 amide bonds. The van der Waals surface area contributed by atoms with Gasteiger partial charge in [-0.3, -0.25) is 19.9 Å². The summed E-state index contributed by atoms with van der Waals surface area (Å²) in [6, 6.07) is 4.60. The predicted molar refractivity (Wildman–Crippen MR) is 141 cm³/mol. The van der Waals surface area contributed by atoms with Gasteiger partial charge in [0, 0.05) is 57.0 Å². The number of nitro benzene ring substituents is 1. The number of unbranched alkanes of at least 4 members (excludes halogenated alkanes) is 1. The second kappa shape index (κ2) is 19.2. The molecule has 0 aromatic heterocycles. The highest BCUT2D eigenvalue weighted by Crippen LogP contribution is 2.27. The molecule has 202 valence electrons. The Kier molecular flexibility index (Phi) is 16.1. The first-order valence-corrected chi connectivity index (χ1v) is 12.8. The number of halogens is 1. The maximum atomic E-state index is 11.1. The van der Waals surface area contributed by atoms with Crippen LogP contribution >= 0.6 is 11.6 Å². The quantitative estimate of drug-likeness (QED) is 0.119. The van der Waals surface area contributed by atoms with Crippen LogP contribution in [-0.4, -0.2) is 113 Å². The summed E-state index contributed by atoms with van der Waals surface area (Å²) < 4.78 is 22.2. The van der Waals surface area contributed by atoms with Crippen molar-refractivity contribution in [1.82, 2.24) is 9.80 Å². The third-order valence-corrected chi connectivity index (χ3v) is 5.87. The number of hydrogen-bond donors (Lipinski definition) is 1. The van der Waals surface area contributed by atoms with Crippen molar-refractivity contribution in [2.45, 2.75) is 12.8 Å². The van der Waals surface area contributed by atoms with Crippen molar-refractivity contribution in [3.05, 3.63) is 33.3 Å². The molecule has 0 unspecified atom stereocenters. The molecule has 1 aromatic carbocycles. The van der Waals surface area contributed by atoms with Gasteiger partial charge >= 0.3 is 0 Å². The van der Waals surface area contributed by atoms with Gasteiger partial charge in [0.2, 0.25) is 0 Å². The molecule has 36 heavy (non-hydrogen) atoms. The summed E-state index contributed by atoms with van der Waals surface area (Å²) >= 11 is 5.82. The van der Waals surface area contributed by atoms with Crippen LogP contribution < -0.4 is 5.32 Å². The lowest BCUT2D eigenvalue weighted by Gasteiger charge is -2.33. The fraction of sp³-hybridized carbons (Fsp3) is 0.680. The Labute approximate surface area is 219 Å². The second-order valence-corrected chi connectivity index (χ2v) is 8.76. The van der Waals surface area contributed by atoms with Crippen LogP contribution in [0.5, 0.6) is 0 Å². The van der Waals surface area contributed by atoms with Gasteiger partial charge in [-0.15, -0.1) is 6.42 Å². The average Bonchev–Trinajstić information content (AvgIpc) is 2.87. The molecule has 10 nitrogen and oxygen atoms in total. The maximum Gasteiger partial charge on any atom is 0.293 e. The first-order chi connectivity index (χ1) is 17.6. The molecular weight excluding hydrogens is 488 g/mol. The van der Waals surface area contributed by atoms with E-state index in [0.717, 1.165) is 52.1 Å². The molecule has 1 aliphatic rings.